The van der Waals surface area contributed by atoms with Crippen LogP contribution in [0.5, 0.6) is 0 Å². The zero-order valence-corrected chi connectivity index (χ0v) is 17.9. The number of aryl methyl sites for hydroxylation is 1. The van der Waals surface area contributed by atoms with E-state index in [1.165, 1.54) is 0 Å². The van der Waals surface area contributed by atoms with Crippen LogP contribution in [0, 0.1) is 0 Å². The van der Waals surface area contributed by atoms with E-state index in [4.69, 9.17) is 23.2 Å². The smallest absolute Gasteiger partial charge is 0.242 e. The van der Waals surface area contributed by atoms with Crippen LogP contribution in [0.1, 0.15) is 38.3 Å². The molecular formula is C22H26Cl2N2O2. The number of carbonyl (C=O) groups is 2. The highest BCUT2D eigenvalue weighted by atomic mass is 35.5. The van der Waals surface area contributed by atoms with E-state index in [0.717, 1.165) is 11.1 Å². The van der Waals surface area contributed by atoms with Gasteiger partial charge in [0.1, 0.15) is 6.04 Å². The molecule has 2 aromatic rings. The third-order valence-electron chi connectivity index (χ3n) is 4.43. The fraction of sp³-hybridized carbons (Fsp3) is 0.364. The van der Waals surface area contributed by atoms with Gasteiger partial charge < -0.3 is 10.2 Å². The van der Waals surface area contributed by atoms with Crippen LogP contribution in [0.3, 0.4) is 0 Å². The molecule has 0 radical (unpaired) electrons. The minimum atomic E-state index is -0.586. The van der Waals surface area contributed by atoms with E-state index in [9.17, 15) is 9.59 Å². The Kier molecular flexibility index (Phi) is 8.34. The molecule has 0 bridgehead atoms. The normalized spacial score (nSPS) is 11.9. The highest BCUT2D eigenvalue weighted by Crippen LogP contribution is 2.19. The van der Waals surface area contributed by atoms with E-state index >= 15 is 0 Å². The molecule has 1 N–H and O–H groups in total. The Morgan fingerprint density at radius 3 is 2.25 bits per heavy atom. The first-order chi connectivity index (χ1) is 13.3. The van der Waals surface area contributed by atoms with Crippen molar-refractivity contribution in [2.75, 3.05) is 0 Å². The van der Waals surface area contributed by atoms with E-state index in [0.29, 0.717) is 23.0 Å². The summed E-state index contributed by atoms with van der Waals surface area (Å²) < 4.78 is 0. The second kappa shape index (κ2) is 10.5. The van der Waals surface area contributed by atoms with Crippen LogP contribution in [-0.2, 0) is 22.6 Å². The van der Waals surface area contributed by atoms with Crippen molar-refractivity contribution >= 4 is 35.0 Å². The lowest BCUT2D eigenvalue weighted by molar-refractivity contribution is -0.140. The number of nitrogens with one attached hydrogen (secondary N) is 1. The number of halogens is 2. The summed E-state index contributed by atoms with van der Waals surface area (Å²) in [5.41, 5.74) is 1.84. The maximum absolute atomic E-state index is 13.0. The molecule has 0 unspecified atom stereocenters. The minimum absolute atomic E-state index is 0.00515. The highest BCUT2D eigenvalue weighted by molar-refractivity contribution is 6.31. The molecule has 0 aliphatic heterocycles. The molecule has 0 aromatic heterocycles. The number of rotatable bonds is 8. The second-order valence-electron chi connectivity index (χ2n) is 7.08. The molecule has 0 saturated heterocycles. The molecular weight excluding hydrogens is 395 g/mol. The van der Waals surface area contributed by atoms with Crippen molar-refractivity contribution in [3.63, 3.8) is 0 Å². The molecule has 2 aromatic carbocycles. The lowest BCUT2D eigenvalue weighted by atomic mass is 10.1. The summed E-state index contributed by atoms with van der Waals surface area (Å²) >= 11 is 12.2. The number of hydrogen-bond acceptors (Lipinski definition) is 2. The third kappa shape index (κ3) is 6.54. The van der Waals surface area contributed by atoms with E-state index in [1.54, 1.807) is 24.0 Å². The molecule has 0 spiro atoms. The largest absolute Gasteiger partial charge is 0.352 e. The van der Waals surface area contributed by atoms with E-state index in [-0.39, 0.29) is 24.3 Å². The van der Waals surface area contributed by atoms with Crippen molar-refractivity contribution < 1.29 is 9.59 Å². The Balaban J connectivity index is 2.15. The lowest BCUT2D eigenvalue weighted by Gasteiger charge is -2.29. The van der Waals surface area contributed by atoms with Crippen molar-refractivity contribution in [1.82, 2.24) is 10.2 Å². The van der Waals surface area contributed by atoms with Crippen LogP contribution in [0.4, 0.5) is 0 Å². The summed E-state index contributed by atoms with van der Waals surface area (Å²) in [7, 11) is 0. The van der Waals surface area contributed by atoms with Gasteiger partial charge in [-0.15, -0.1) is 0 Å². The molecule has 2 amide bonds. The summed E-state index contributed by atoms with van der Waals surface area (Å²) in [6, 6.07) is 14.2. The van der Waals surface area contributed by atoms with Crippen molar-refractivity contribution in [3.05, 3.63) is 69.7 Å². The maximum atomic E-state index is 13.0. The first-order valence-corrected chi connectivity index (χ1v) is 10.1. The van der Waals surface area contributed by atoms with Gasteiger partial charge in [0.2, 0.25) is 11.8 Å². The third-order valence-corrected chi connectivity index (χ3v) is 5.05. The molecule has 28 heavy (non-hydrogen) atoms. The average Bonchev–Trinajstić information content (AvgIpc) is 2.65. The van der Waals surface area contributed by atoms with Crippen LogP contribution in [0.15, 0.2) is 48.5 Å². The van der Waals surface area contributed by atoms with Crippen LogP contribution in [-0.4, -0.2) is 28.8 Å². The van der Waals surface area contributed by atoms with E-state index in [1.807, 2.05) is 50.2 Å². The number of benzene rings is 2. The standard InChI is InChI=1S/C22H26Cl2N2O2/c1-15(2)25-22(28)16(3)26(14-17-8-11-19(23)12-9-17)21(27)13-10-18-6-4-5-7-20(18)24/h4-9,11-12,15-16H,10,13-14H2,1-3H3,(H,25,28)/t16-/m1/s1. The van der Waals surface area contributed by atoms with Crippen molar-refractivity contribution in [2.45, 2.75) is 52.2 Å². The number of hydrogen-bond donors (Lipinski definition) is 1. The van der Waals surface area contributed by atoms with Gasteiger partial charge in [0.15, 0.2) is 0 Å². The molecule has 1 atom stereocenters. The molecule has 0 fully saturated rings. The average molecular weight is 421 g/mol. The predicted octanol–water partition coefficient (Wildman–Crippen LogP) is 4.87. The minimum Gasteiger partial charge on any atom is -0.352 e. The molecule has 0 heterocycles. The van der Waals surface area contributed by atoms with Gasteiger partial charge in [0, 0.05) is 29.1 Å². The van der Waals surface area contributed by atoms with Gasteiger partial charge >= 0.3 is 0 Å². The molecule has 6 heteroatoms. The Hall–Kier alpha value is -2.04. The lowest BCUT2D eigenvalue weighted by Crippen LogP contribution is -2.49. The highest BCUT2D eigenvalue weighted by Gasteiger charge is 2.26. The Bertz CT molecular complexity index is 806. The van der Waals surface area contributed by atoms with Gasteiger partial charge in [-0.1, -0.05) is 53.5 Å². The zero-order chi connectivity index (χ0) is 20.7. The van der Waals surface area contributed by atoms with E-state index in [2.05, 4.69) is 5.32 Å². The van der Waals surface area contributed by atoms with Crippen LogP contribution >= 0.6 is 23.2 Å². The summed E-state index contributed by atoms with van der Waals surface area (Å²) in [5, 5.41) is 4.15. The molecule has 150 valence electrons. The second-order valence-corrected chi connectivity index (χ2v) is 7.92. The summed E-state index contributed by atoms with van der Waals surface area (Å²) in [6.45, 7) is 5.88. The SMILES string of the molecule is CC(C)NC(=O)[C@@H](C)N(Cc1ccc(Cl)cc1)C(=O)CCc1ccccc1Cl. The monoisotopic (exact) mass is 420 g/mol. The van der Waals surface area contributed by atoms with Crippen molar-refractivity contribution in [1.29, 1.82) is 0 Å². The van der Waals surface area contributed by atoms with Gasteiger partial charge in [-0.2, -0.15) is 0 Å². The van der Waals surface area contributed by atoms with Crippen LogP contribution in [0.2, 0.25) is 10.0 Å². The summed E-state index contributed by atoms with van der Waals surface area (Å²) in [6.07, 6.45) is 0.796. The summed E-state index contributed by atoms with van der Waals surface area (Å²) in [4.78, 5) is 27.1. The van der Waals surface area contributed by atoms with Gasteiger partial charge in [0.25, 0.3) is 0 Å². The Labute approximate surface area is 176 Å². The van der Waals surface area contributed by atoms with Crippen LogP contribution < -0.4 is 5.32 Å². The number of amides is 2. The van der Waals surface area contributed by atoms with Crippen molar-refractivity contribution in [2.24, 2.45) is 0 Å². The fourth-order valence-corrected chi connectivity index (χ4v) is 3.22. The molecule has 4 nitrogen and oxygen atoms in total. The van der Waals surface area contributed by atoms with Crippen molar-refractivity contribution in [3.8, 4) is 0 Å². The molecule has 2 rings (SSSR count). The molecule has 0 saturated carbocycles. The predicted molar refractivity (Wildman–Crippen MR) is 115 cm³/mol. The first-order valence-electron chi connectivity index (χ1n) is 9.35. The van der Waals surface area contributed by atoms with Gasteiger partial charge in [-0.25, -0.2) is 0 Å². The molecule has 0 aliphatic rings. The first kappa shape index (κ1) is 22.3. The topological polar surface area (TPSA) is 49.4 Å². The van der Waals surface area contributed by atoms with Gasteiger partial charge in [-0.05, 0) is 56.5 Å². The quantitative estimate of drug-likeness (QED) is 0.661. The number of nitrogens with zero attached hydrogens (tertiary/aromatic N) is 1. The van der Waals surface area contributed by atoms with E-state index < -0.39 is 6.04 Å². The van der Waals surface area contributed by atoms with Crippen LogP contribution in [0.25, 0.3) is 0 Å². The zero-order valence-electron chi connectivity index (χ0n) is 16.4. The fourth-order valence-electron chi connectivity index (χ4n) is 2.86. The number of carbonyl (C=O) groups excluding carboxylic acids is 2. The Morgan fingerprint density at radius 1 is 1.00 bits per heavy atom. The summed E-state index contributed by atoms with van der Waals surface area (Å²) in [5.74, 6) is -0.267. The Morgan fingerprint density at radius 2 is 1.64 bits per heavy atom. The maximum Gasteiger partial charge on any atom is 0.242 e. The van der Waals surface area contributed by atoms with Gasteiger partial charge in [0.05, 0.1) is 0 Å². The van der Waals surface area contributed by atoms with Gasteiger partial charge in [-0.3, -0.25) is 9.59 Å². The molecule has 0 aliphatic carbocycles.